The molecule has 1 aromatic heterocycles. The lowest BCUT2D eigenvalue weighted by atomic mass is 10.1. The van der Waals surface area contributed by atoms with Crippen molar-refractivity contribution in [3.63, 3.8) is 0 Å². The molecule has 0 unspecified atom stereocenters. The maximum Gasteiger partial charge on any atom is 0.416 e. The fourth-order valence-electron chi connectivity index (χ4n) is 2.36. The fourth-order valence-corrected chi connectivity index (χ4v) is 2.36. The minimum atomic E-state index is -4.34. The van der Waals surface area contributed by atoms with Crippen LogP contribution in [-0.2, 0) is 23.9 Å². The van der Waals surface area contributed by atoms with Crippen LogP contribution in [0.1, 0.15) is 17.0 Å². The first-order chi connectivity index (χ1) is 9.97. The van der Waals surface area contributed by atoms with Gasteiger partial charge in [-0.25, -0.2) is 4.98 Å². The number of alkyl halides is 3. The maximum atomic E-state index is 12.5. The van der Waals surface area contributed by atoms with Crippen LogP contribution in [0.15, 0.2) is 24.3 Å². The number of fused-ring (bicyclic) bond motifs is 1. The Morgan fingerprint density at radius 3 is 2.57 bits per heavy atom. The van der Waals surface area contributed by atoms with Gasteiger partial charge in [0, 0.05) is 18.5 Å². The quantitative estimate of drug-likeness (QED) is 0.866. The largest absolute Gasteiger partial charge is 0.416 e. The van der Waals surface area contributed by atoms with Crippen molar-refractivity contribution in [3.8, 4) is 11.4 Å². The van der Waals surface area contributed by atoms with Crippen LogP contribution in [0.25, 0.3) is 11.4 Å². The monoisotopic (exact) mass is 295 g/mol. The summed E-state index contributed by atoms with van der Waals surface area (Å²) in [6, 6.07) is 4.86. The number of aromatic nitrogens is 2. The molecule has 110 valence electrons. The molecular formula is C14H12F3N3O. The molecule has 0 atom stereocenters. The molecule has 0 aliphatic carbocycles. The number of hydrogen-bond acceptors (Lipinski definition) is 2. The lowest BCUT2D eigenvalue weighted by Gasteiger charge is -2.21. The molecule has 0 saturated heterocycles. The van der Waals surface area contributed by atoms with Gasteiger partial charge in [-0.3, -0.25) is 4.79 Å². The normalized spacial score (nSPS) is 14.9. The third-order valence-corrected chi connectivity index (χ3v) is 3.50. The maximum absolute atomic E-state index is 12.5. The Kier molecular flexibility index (Phi) is 3.19. The molecule has 0 radical (unpaired) electrons. The molecule has 2 aromatic rings. The van der Waals surface area contributed by atoms with Gasteiger partial charge in [-0.2, -0.15) is 13.2 Å². The van der Waals surface area contributed by atoms with Crippen molar-refractivity contribution in [3.05, 3.63) is 41.2 Å². The highest BCUT2D eigenvalue weighted by molar-refractivity contribution is 5.57. The van der Waals surface area contributed by atoms with E-state index < -0.39 is 11.7 Å². The number of aromatic amines is 1. The summed E-state index contributed by atoms with van der Waals surface area (Å²) >= 11 is 0. The van der Waals surface area contributed by atoms with Crippen molar-refractivity contribution in [1.82, 2.24) is 14.9 Å². The number of halogens is 3. The molecule has 7 heteroatoms. The number of hydrogen-bond donors (Lipinski definition) is 1. The molecule has 1 aromatic carbocycles. The van der Waals surface area contributed by atoms with E-state index >= 15 is 0 Å². The number of nitrogens with zero attached hydrogens (tertiary/aromatic N) is 2. The molecule has 1 amide bonds. The summed E-state index contributed by atoms with van der Waals surface area (Å²) in [5, 5.41) is 0. The average molecular weight is 295 g/mol. The summed E-state index contributed by atoms with van der Waals surface area (Å²) in [5.41, 5.74) is 1.61. The number of H-pyrrole nitrogens is 1. The standard InChI is InChI=1S/C14H12F3N3O/c15-14(16,17)10-3-1-9(2-4-10)13-18-11-5-6-20(8-21)7-12(11)19-13/h1-4,8H,5-7H2,(H,18,19). The molecule has 0 fully saturated rings. The average Bonchev–Trinajstić information content (AvgIpc) is 2.89. The summed E-state index contributed by atoms with van der Waals surface area (Å²) in [5.74, 6) is 0.529. The van der Waals surface area contributed by atoms with Crippen molar-refractivity contribution < 1.29 is 18.0 Å². The molecule has 0 saturated carbocycles. The van der Waals surface area contributed by atoms with Crippen molar-refractivity contribution in [1.29, 1.82) is 0 Å². The molecule has 0 spiro atoms. The van der Waals surface area contributed by atoms with Crippen molar-refractivity contribution >= 4 is 6.41 Å². The first-order valence-corrected chi connectivity index (χ1v) is 6.42. The van der Waals surface area contributed by atoms with Crippen LogP contribution in [0.5, 0.6) is 0 Å². The SMILES string of the molecule is O=CN1CCc2nc(-c3ccc(C(F)(F)F)cc3)[nH]c2C1. The first-order valence-electron chi connectivity index (χ1n) is 6.42. The Morgan fingerprint density at radius 1 is 1.24 bits per heavy atom. The number of amides is 1. The van der Waals surface area contributed by atoms with Gasteiger partial charge in [-0.1, -0.05) is 12.1 Å². The molecule has 21 heavy (non-hydrogen) atoms. The minimum Gasteiger partial charge on any atom is -0.340 e. The molecule has 1 aliphatic heterocycles. The summed E-state index contributed by atoms with van der Waals surface area (Å²) in [6.45, 7) is 1.06. The predicted octanol–water partition coefficient (Wildman–Crippen LogP) is 2.61. The van der Waals surface area contributed by atoms with E-state index in [0.717, 1.165) is 29.9 Å². The van der Waals surface area contributed by atoms with E-state index in [0.29, 0.717) is 30.9 Å². The van der Waals surface area contributed by atoms with Gasteiger partial charge >= 0.3 is 6.18 Å². The molecule has 2 heterocycles. The second-order valence-corrected chi connectivity index (χ2v) is 4.91. The molecular weight excluding hydrogens is 283 g/mol. The smallest absolute Gasteiger partial charge is 0.340 e. The molecule has 4 nitrogen and oxygen atoms in total. The van der Waals surface area contributed by atoms with Gasteiger partial charge in [0.15, 0.2) is 0 Å². The zero-order chi connectivity index (χ0) is 15.0. The summed E-state index contributed by atoms with van der Waals surface area (Å²) in [7, 11) is 0. The second kappa shape index (κ2) is 4.91. The predicted molar refractivity (Wildman–Crippen MR) is 69.2 cm³/mol. The number of carbonyl (C=O) groups is 1. The van der Waals surface area contributed by atoms with Crippen molar-refractivity contribution in [2.45, 2.75) is 19.1 Å². The van der Waals surface area contributed by atoms with E-state index in [1.54, 1.807) is 4.90 Å². The highest BCUT2D eigenvalue weighted by Gasteiger charge is 2.30. The summed E-state index contributed by atoms with van der Waals surface area (Å²) < 4.78 is 37.6. The van der Waals surface area contributed by atoms with Gasteiger partial charge in [0.2, 0.25) is 6.41 Å². The number of carbonyl (C=O) groups excluding carboxylic acids is 1. The van der Waals surface area contributed by atoms with E-state index in [-0.39, 0.29) is 0 Å². The van der Waals surface area contributed by atoms with Gasteiger partial charge in [-0.05, 0) is 12.1 Å². The molecule has 1 aliphatic rings. The summed E-state index contributed by atoms with van der Waals surface area (Å²) in [6.07, 6.45) is -2.92. The lowest BCUT2D eigenvalue weighted by Crippen LogP contribution is -2.29. The Bertz CT molecular complexity index is 661. The summed E-state index contributed by atoms with van der Waals surface area (Å²) in [4.78, 5) is 19.9. The number of imidazole rings is 1. The van der Waals surface area contributed by atoms with Gasteiger partial charge < -0.3 is 9.88 Å². The van der Waals surface area contributed by atoms with Gasteiger partial charge in [0.1, 0.15) is 5.82 Å². The van der Waals surface area contributed by atoms with E-state index in [9.17, 15) is 18.0 Å². The Labute approximate surface area is 118 Å². The van der Waals surface area contributed by atoms with Gasteiger partial charge in [-0.15, -0.1) is 0 Å². The van der Waals surface area contributed by atoms with Crippen molar-refractivity contribution in [2.24, 2.45) is 0 Å². The lowest BCUT2D eigenvalue weighted by molar-refractivity contribution is -0.137. The molecule has 3 rings (SSSR count). The van der Waals surface area contributed by atoms with Gasteiger partial charge in [0.05, 0.1) is 23.5 Å². The topological polar surface area (TPSA) is 49.0 Å². The third kappa shape index (κ3) is 2.63. The number of benzene rings is 1. The van der Waals surface area contributed by atoms with Crippen LogP contribution in [0.2, 0.25) is 0 Å². The second-order valence-electron chi connectivity index (χ2n) is 4.91. The van der Waals surface area contributed by atoms with E-state index in [4.69, 9.17) is 0 Å². The van der Waals surface area contributed by atoms with Crippen LogP contribution in [-0.4, -0.2) is 27.8 Å². The zero-order valence-corrected chi connectivity index (χ0v) is 10.9. The molecule has 1 N–H and O–H groups in total. The molecule has 0 bridgehead atoms. The van der Waals surface area contributed by atoms with Crippen LogP contribution in [0.4, 0.5) is 13.2 Å². The first kappa shape index (κ1) is 13.7. The number of nitrogens with one attached hydrogen (secondary N) is 1. The fraction of sp³-hybridized carbons (Fsp3) is 0.286. The van der Waals surface area contributed by atoms with Crippen LogP contribution < -0.4 is 0 Å². The Morgan fingerprint density at radius 2 is 1.95 bits per heavy atom. The Balaban J connectivity index is 1.88. The number of rotatable bonds is 2. The van der Waals surface area contributed by atoms with E-state index in [2.05, 4.69) is 9.97 Å². The van der Waals surface area contributed by atoms with E-state index in [1.807, 2.05) is 0 Å². The zero-order valence-electron chi connectivity index (χ0n) is 10.9. The van der Waals surface area contributed by atoms with Gasteiger partial charge in [0.25, 0.3) is 0 Å². The van der Waals surface area contributed by atoms with E-state index in [1.165, 1.54) is 12.1 Å². The minimum absolute atomic E-state index is 0.451. The van der Waals surface area contributed by atoms with Crippen molar-refractivity contribution in [2.75, 3.05) is 6.54 Å². The Hall–Kier alpha value is -2.31. The third-order valence-electron chi connectivity index (χ3n) is 3.50. The van der Waals surface area contributed by atoms with Crippen LogP contribution in [0.3, 0.4) is 0 Å². The highest BCUT2D eigenvalue weighted by atomic mass is 19.4. The highest BCUT2D eigenvalue weighted by Crippen LogP contribution is 2.31. The van der Waals surface area contributed by atoms with Crippen LogP contribution >= 0.6 is 0 Å². The van der Waals surface area contributed by atoms with Crippen LogP contribution in [0, 0.1) is 0 Å².